The van der Waals surface area contributed by atoms with Crippen molar-refractivity contribution in [3.05, 3.63) is 94.6 Å². The van der Waals surface area contributed by atoms with Crippen LogP contribution >= 0.6 is 11.6 Å². The molecule has 5 rings (SSSR count). The van der Waals surface area contributed by atoms with Crippen LogP contribution in [-0.4, -0.2) is 43.4 Å². The molecule has 0 radical (unpaired) electrons. The fourth-order valence-corrected chi connectivity index (χ4v) is 4.44. The highest BCUT2D eigenvalue weighted by molar-refractivity contribution is 6.30. The lowest BCUT2D eigenvalue weighted by Gasteiger charge is -2.28. The third kappa shape index (κ3) is 6.54. The van der Waals surface area contributed by atoms with E-state index >= 15 is 0 Å². The molecule has 0 aliphatic carbocycles. The van der Waals surface area contributed by atoms with Gasteiger partial charge >= 0.3 is 0 Å². The van der Waals surface area contributed by atoms with E-state index in [-0.39, 0.29) is 0 Å². The second kappa shape index (κ2) is 12.2. The lowest BCUT2D eigenvalue weighted by atomic mass is 10.1. The molecule has 1 aromatic heterocycles. The van der Waals surface area contributed by atoms with E-state index in [2.05, 4.69) is 27.3 Å². The van der Waals surface area contributed by atoms with Crippen molar-refractivity contribution in [3.63, 3.8) is 0 Å². The topological polar surface area (TPSA) is 68.7 Å². The molecule has 0 amide bonds. The zero-order chi connectivity index (χ0) is 26.3. The van der Waals surface area contributed by atoms with Crippen molar-refractivity contribution < 1.29 is 14.2 Å². The van der Waals surface area contributed by atoms with E-state index in [1.54, 1.807) is 7.11 Å². The minimum atomic E-state index is 0.459. The molecule has 1 N–H and O–H groups in total. The smallest absolute Gasteiger partial charge is 0.230 e. The molecular formula is C30H31ClN4O3. The summed E-state index contributed by atoms with van der Waals surface area (Å²) in [6, 6.07) is 22.0. The summed E-state index contributed by atoms with van der Waals surface area (Å²) in [6.07, 6.45) is 3.33. The van der Waals surface area contributed by atoms with E-state index in [1.165, 1.54) is 11.3 Å². The summed E-state index contributed by atoms with van der Waals surface area (Å²) in [7, 11) is 1.64. The van der Waals surface area contributed by atoms with Gasteiger partial charge in [0.1, 0.15) is 0 Å². The maximum Gasteiger partial charge on any atom is 0.230 e. The van der Waals surface area contributed by atoms with Crippen LogP contribution in [0.15, 0.2) is 72.9 Å². The van der Waals surface area contributed by atoms with E-state index in [1.807, 2.05) is 67.7 Å². The van der Waals surface area contributed by atoms with Gasteiger partial charge < -0.3 is 24.4 Å². The summed E-state index contributed by atoms with van der Waals surface area (Å²) in [5, 5.41) is 4.04. The molecule has 196 valence electrons. The highest BCUT2D eigenvalue weighted by atomic mass is 35.5. The van der Waals surface area contributed by atoms with Gasteiger partial charge in [0.2, 0.25) is 11.8 Å². The lowest BCUT2D eigenvalue weighted by Crippen LogP contribution is -2.36. The van der Waals surface area contributed by atoms with Crippen LogP contribution in [0.4, 0.5) is 17.3 Å². The number of aryl methyl sites for hydroxylation is 3. The molecule has 1 fully saturated rings. The first-order valence-corrected chi connectivity index (χ1v) is 13.1. The zero-order valence-electron chi connectivity index (χ0n) is 21.6. The Kier molecular flexibility index (Phi) is 8.26. The monoisotopic (exact) mass is 530 g/mol. The molecule has 38 heavy (non-hydrogen) atoms. The van der Waals surface area contributed by atoms with Crippen LogP contribution < -0.4 is 19.7 Å². The SMILES string of the molecule is COc1cc(C)ccc1Oc1nc(Nc2ccc(N3CCOCC3)cc2)ncc1CCc1ccc(Cl)cc1. The normalized spacial score (nSPS) is 13.3. The van der Waals surface area contributed by atoms with Crippen molar-refractivity contribution in [2.24, 2.45) is 0 Å². The van der Waals surface area contributed by atoms with Crippen LogP contribution in [0.25, 0.3) is 0 Å². The molecule has 3 aromatic carbocycles. The fraction of sp³-hybridized carbons (Fsp3) is 0.267. The van der Waals surface area contributed by atoms with Gasteiger partial charge in [0, 0.05) is 41.2 Å². The molecule has 7 nitrogen and oxygen atoms in total. The van der Waals surface area contributed by atoms with Crippen molar-refractivity contribution in [3.8, 4) is 17.4 Å². The molecule has 1 saturated heterocycles. The predicted octanol–water partition coefficient (Wildman–Crippen LogP) is 6.60. The van der Waals surface area contributed by atoms with Crippen LogP contribution in [0.3, 0.4) is 0 Å². The first-order valence-electron chi connectivity index (χ1n) is 12.7. The largest absolute Gasteiger partial charge is 0.493 e. The fourth-order valence-electron chi connectivity index (χ4n) is 4.31. The molecule has 0 spiro atoms. The van der Waals surface area contributed by atoms with E-state index < -0.39 is 0 Å². The Balaban J connectivity index is 1.37. The molecule has 4 aromatic rings. The summed E-state index contributed by atoms with van der Waals surface area (Å²) in [4.78, 5) is 11.7. The summed E-state index contributed by atoms with van der Waals surface area (Å²) >= 11 is 6.05. The molecule has 0 bridgehead atoms. The van der Waals surface area contributed by atoms with Crippen LogP contribution in [0, 0.1) is 6.92 Å². The first-order chi connectivity index (χ1) is 18.6. The van der Waals surface area contributed by atoms with E-state index in [4.69, 9.17) is 30.8 Å². The van der Waals surface area contributed by atoms with Crippen LogP contribution in [0.5, 0.6) is 17.4 Å². The number of rotatable bonds is 9. The van der Waals surface area contributed by atoms with Gasteiger partial charge in [-0.3, -0.25) is 0 Å². The molecule has 1 aliphatic rings. The Morgan fingerprint density at radius 2 is 1.71 bits per heavy atom. The number of halogens is 1. The predicted molar refractivity (Wildman–Crippen MR) is 151 cm³/mol. The van der Waals surface area contributed by atoms with E-state index in [9.17, 15) is 0 Å². The van der Waals surface area contributed by atoms with Gasteiger partial charge in [0.15, 0.2) is 11.5 Å². The van der Waals surface area contributed by atoms with Crippen molar-refractivity contribution in [2.45, 2.75) is 19.8 Å². The van der Waals surface area contributed by atoms with Gasteiger partial charge in [-0.1, -0.05) is 29.8 Å². The number of methoxy groups -OCH3 is 1. The minimum Gasteiger partial charge on any atom is -0.493 e. The quantitative estimate of drug-likeness (QED) is 0.261. The van der Waals surface area contributed by atoms with Gasteiger partial charge in [-0.25, -0.2) is 4.98 Å². The third-order valence-electron chi connectivity index (χ3n) is 6.45. The highest BCUT2D eigenvalue weighted by Gasteiger charge is 2.15. The molecule has 1 aliphatic heterocycles. The van der Waals surface area contributed by atoms with Crippen molar-refractivity contribution in [1.82, 2.24) is 9.97 Å². The van der Waals surface area contributed by atoms with Gasteiger partial charge in [-0.05, 0) is 79.4 Å². The summed E-state index contributed by atoms with van der Waals surface area (Å²) in [6.45, 7) is 5.33. The number of benzene rings is 3. The molecule has 8 heteroatoms. The van der Waals surface area contributed by atoms with E-state index in [0.29, 0.717) is 29.7 Å². The average Bonchev–Trinajstić information content (AvgIpc) is 2.95. The van der Waals surface area contributed by atoms with Gasteiger partial charge in [0.25, 0.3) is 0 Å². The first kappa shape index (κ1) is 25.8. The van der Waals surface area contributed by atoms with Gasteiger partial charge in [-0.15, -0.1) is 0 Å². The molecule has 0 unspecified atom stereocenters. The highest BCUT2D eigenvalue weighted by Crippen LogP contribution is 2.34. The second-order valence-corrected chi connectivity index (χ2v) is 9.61. The van der Waals surface area contributed by atoms with Crippen molar-refractivity contribution >= 4 is 28.9 Å². The summed E-state index contributed by atoms with van der Waals surface area (Å²) < 4.78 is 17.3. The van der Waals surface area contributed by atoms with Gasteiger partial charge in [-0.2, -0.15) is 4.98 Å². The third-order valence-corrected chi connectivity index (χ3v) is 6.70. The van der Waals surface area contributed by atoms with Gasteiger partial charge in [0.05, 0.1) is 20.3 Å². The minimum absolute atomic E-state index is 0.459. The van der Waals surface area contributed by atoms with Crippen LogP contribution in [0.1, 0.15) is 16.7 Å². The molecular weight excluding hydrogens is 500 g/mol. The number of nitrogens with zero attached hydrogens (tertiary/aromatic N) is 3. The standard InChI is InChI=1S/C30H31ClN4O3/c1-21-3-14-27(28(19-21)36-2)38-29-23(7-4-22-5-8-24(31)9-6-22)20-32-30(34-29)33-25-10-12-26(13-11-25)35-15-17-37-18-16-35/h3,5-6,8-14,19-20H,4,7,15-18H2,1-2H3,(H,32,33,34). The molecule has 2 heterocycles. The number of hydrogen-bond acceptors (Lipinski definition) is 7. The van der Waals surface area contributed by atoms with Crippen molar-refractivity contribution in [1.29, 1.82) is 0 Å². The van der Waals surface area contributed by atoms with E-state index in [0.717, 1.165) is 54.6 Å². The maximum absolute atomic E-state index is 6.32. The average molecular weight is 531 g/mol. The number of ether oxygens (including phenoxy) is 3. The number of nitrogens with one attached hydrogen (secondary N) is 1. The number of morpholine rings is 1. The van der Waals surface area contributed by atoms with Crippen LogP contribution in [0.2, 0.25) is 5.02 Å². The Hall–Kier alpha value is -3.81. The number of anilines is 3. The number of aromatic nitrogens is 2. The Bertz CT molecular complexity index is 1360. The Labute approximate surface area is 228 Å². The second-order valence-electron chi connectivity index (χ2n) is 9.18. The maximum atomic E-state index is 6.32. The Morgan fingerprint density at radius 3 is 2.45 bits per heavy atom. The zero-order valence-corrected chi connectivity index (χ0v) is 22.4. The number of hydrogen-bond donors (Lipinski definition) is 1. The van der Waals surface area contributed by atoms with Crippen LogP contribution in [-0.2, 0) is 17.6 Å². The lowest BCUT2D eigenvalue weighted by molar-refractivity contribution is 0.122. The summed E-state index contributed by atoms with van der Waals surface area (Å²) in [5.41, 5.74) is 5.23. The van der Waals surface area contributed by atoms with Crippen molar-refractivity contribution in [2.75, 3.05) is 43.6 Å². The molecule has 0 atom stereocenters. The Morgan fingerprint density at radius 1 is 0.947 bits per heavy atom. The molecule has 0 saturated carbocycles. The summed E-state index contributed by atoms with van der Waals surface area (Å²) in [5.74, 6) is 2.20.